The van der Waals surface area contributed by atoms with Crippen molar-refractivity contribution in [1.82, 2.24) is 14.7 Å². The first-order valence-electron chi connectivity index (χ1n) is 10.6. The summed E-state index contributed by atoms with van der Waals surface area (Å²) in [6.45, 7) is 6.42. The second-order valence-corrected chi connectivity index (χ2v) is 8.97. The molecular formula is C22H33N3O. The highest BCUT2D eigenvalue weighted by atomic mass is 16.5. The maximum Gasteiger partial charge on any atom is 0.118 e. The van der Waals surface area contributed by atoms with Gasteiger partial charge < -0.3 is 9.64 Å². The first-order valence-corrected chi connectivity index (χ1v) is 10.6. The summed E-state index contributed by atoms with van der Waals surface area (Å²) in [5.74, 6) is 2.56. The van der Waals surface area contributed by atoms with Crippen molar-refractivity contribution >= 4 is 0 Å². The van der Waals surface area contributed by atoms with Gasteiger partial charge in [0.05, 0.1) is 7.11 Å². The van der Waals surface area contributed by atoms with Crippen LogP contribution in [-0.2, 0) is 0 Å². The molecule has 5 heterocycles. The van der Waals surface area contributed by atoms with Crippen LogP contribution in [0.4, 0.5) is 0 Å². The van der Waals surface area contributed by atoms with E-state index in [1.165, 1.54) is 64.0 Å². The number of ether oxygens (including phenoxy) is 1. The molecule has 5 aliphatic heterocycles. The maximum absolute atomic E-state index is 5.39. The van der Waals surface area contributed by atoms with Gasteiger partial charge in [0.2, 0.25) is 0 Å². The molecule has 0 unspecified atom stereocenters. The zero-order valence-corrected chi connectivity index (χ0v) is 16.3. The molecule has 0 aromatic heterocycles. The number of fused-ring (bicyclic) bond motifs is 2. The van der Waals surface area contributed by atoms with E-state index in [2.05, 4.69) is 46.0 Å². The lowest BCUT2D eigenvalue weighted by Gasteiger charge is -2.53. The summed E-state index contributed by atoms with van der Waals surface area (Å²) in [5, 5.41) is 0. The molecule has 5 fully saturated rings. The highest BCUT2D eigenvalue weighted by Gasteiger charge is 2.54. The van der Waals surface area contributed by atoms with Gasteiger partial charge in [0.15, 0.2) is 0 Å². The van der Waals surface area contributed by atoms with Gasteiger partial charge in [-0.25, -0.2) is 0 Å². The van der Waals surface area contributed by atoms with E-state index in [-0.39, 0.29) is 0 Å². The molecule has 0 N–H and O–H groups in total. The maximum atomic E-state index is 5.39. The Balaban J connectivity index is 1.44. The quantitative estimate of drug-likeness (QED) is 0.830. The Morgan fingerprint density at radius 3 is 2.23 bits per heavy atom. The summed E-state index contributed by atoms with van der Waals surface area (Å²) in [6.07, 6.45) is 5.53. The number of likely N-dealkylation sites (tertiary alicyclic amines) is 2. The number of piperidine rings is 4. The fraction of sp³-hybridized carbons (Fsp3) is 0.727. The van der Waals surface area contributed by atoms with Crippen molar-refractivity contribution in [3.63, 3.8) is 0 Å². The van der Waals surface area contributed by atoms with Crippen LogP contribution >= 0.6 is 0 Å². The molecule has 0 spiro atoms. The Kier molecular flexibility index (Phi) is 4.46. The van der Waals surface area contributed by atoms with E-state index < -0.39 is 0 Å². The summed E-state index contributed by atoms with van der Waals surface area (Å²) in [5.41, 5.74) is 1.52. The Morgan fingerprint density at radius 2 is 1.58 bits per heavy atom. The van der Waals surface area contributed by atoms with Crippen LogP contribution in [0.15, 0.2) is 24.3 Å². The van der Waals surface area contributed by atoms with E-state index in [0.717, 1.165) is 29.8 Å². The van der Waals surface area contributed by atoms with Crippen LogP contribution in [0.5, 0.6) is 5.75 Å². The van der Waals surface area contributed by atoms with Crippen molar-refractivity contribution in [2.75, 3.05) is 46.9 Å². The van der Waals surface area contributed by atoms with Crippen LogP contribution in [0.2, 0.25) is 0 Å². The highest BCUT2D eigenvalue weighted by Crippen LogP contribution is 2.48. The van der Waals surface area contributed by atoms with Gasteiger partial charge in [0.25, 0.3) is 0 Å². The summed E-state index contributed by atoms with van der Waals surface area (Å²) < 4.78 is 5.39. The average Bonchev–Trinajstić information content (AvgIpc) is 3.12. The van der Waals surface area contributed by atoms with E-state index in [1.54, 1.807) is 7.11 Å². The van der Waals surface area contributed by atoms with Crippen molar-refractivity contribution in [2.24, 2.45) is 5.92 Å². The molecule has 1 aromatic carbocycles. The summed E-state index contributed by atoms with van der Waals surface area (Å²) in [4.78, 5) is 8.29. The van der Waals surface area contributed by atoms with Crippen LogP contribution < -0.4 is 4.74 Å². The van der Waals surface area contributed by atoms with Gasteiger partial charge in [-0.15, -0.1) is 0 Å². The minimum atomic E-state index is 0.661. The number of rotatable bonds is 3. The van der Waals surface area contributed by atoms with Gasteiger partial charge in [-0.1, -0.05) is 12.1 Å². The van der Waals surface area contributed by atoms with Crippen molar-refractivity contribution in [3.05, 3.63) is 29.8 Å². The normalized spacial score (nSPS) is 38.5. The zero-order valence-electron chi connectivity index (χ0n) is 16.3. The lowest BCUT2D eigenvalue weighted by atomic mass is 9.75. The molecule has 0 radical (unpaired) electrons. The highest BCUT2D eigenvalue weighted by molar-refractivity contribution is 5.33. The third-order valence-corrected chi connectivity index (χ3v) is 7.73. The third-order valence-electron chi connectivity index (χ3n) is 7.73. The first kappa shape index (κ1) is 17.0. The van der Waals surface area contributed by atoms with Crippen molar-refractivity contribution in [3.8, 4) is 5.75 Å². The second kappa shape index (κ2) is 6.81. The first-order chi connectivity index (χ1) is 12.7. The van der Waals surface area contributed by atoms with Crippen LogP contribution in [0, 0.1) is 5.92 Å². The lowest BCUT2D eigenvalue weighted by molar-refractivity contribution is -0.0261. The number of hydrogen-bond acceptors (Lipinski definition) is 4. The lowest BCUT2D eigenvalue weighted by Crippen LogP contribution is -2.61. The van der Waals surface area contributed by atoms with Crippen molar-refractivity contribution in [2.45, 2.75) is 49.7 Å². The van der Waals surface area contributed by atoms with E-state index in [0.29, 0.717) is 5.92 Å². The summed E-state index contributed by atoms with van der Waals surface area (Å²) in [6, 6.07) is 11.3. The van der Waals surface area contributed by atoms with Gasteiger partial charge >= 0.3 is 0 Å². The predicted octanol–water partition coefficient (Wildman–Crippen LogP) is 2.65. The summed E-state index contributed by atoms with van der Waals surface area (Å²) in [7, 11) is 4.03. The molecule has 4 heteroatoms. The number of methoxy groups -OCH3 is 1. The Hall–Kier alpha value is -1.10. The fourth-order valence-electron chi connectivity index (χ4n) is 6.34. The minimum Gasteiger partial charge on any atom is -0.497 e. The monoisotopic (exact) mass is 355 g/mol. The van der Waals surface area contributed by atoms with Crippen molar-refractivity contribution in [1.29, 1.82) is 0 Å². The molecule has 5 aliphatic rings. The van der Waals surface area contributed by atoms with E-state index in [9.17, 15) is 0 Å². The number of hydrogen-bond donors (Lipinski definition) is 0. The predicted molar refractivity (Wildman–Crippen MR) is 105 cm³/mol. The van der Waals surface area contributed by atoms with Gasteiger partial charge in [0.1, 0.15) is 5.75 Å². The fourth-order valence-corrected chi connectivity index (χ4v) is 6.34. The molecule has 142 valence electrons. The number of benzene rings is 1. The molecule has 1 aromatic rings. The van der Waals surface area contributed by atoms with E-state index >= 15 is 0 Å². The molecule has 0 aliphatic carbocycles. The van der Waals surface area contributed by atoms with E-state index in [4.69, 9.17) is 4.74 Å². The Bertz CT molecular complexity index is 617. The largest absolute Gasteiger partial charge is 0.497 e. The SMILES string of the molecule is COc1ccc([C@@H]2CN(C3CCN(C)CC3)[C@@H]3C4CCN(CC4)[C@@H]32)cc1. The minimum absolute atomic E-state index is 0.661. The Morgan fingerprint density at radius 1 is 0.885 bits per heavy atom. The van der Waals surface area contributed by atoms with Gasteiger partial charge in [0, 0.05) is 30.6 Å². The van der Waals surface area contributed by atoms with Gasteiger partial charge in [-0.05, 0) is 82.5 Å². The molecule has 6 rings (SSSR count). The third kappa shape index (κ3) is 2.78. The molecule has 26 heavy (non-hydrogen) atoms. The second-order valence-electron chi connectivity index (χ2n) is 8.97. The summed E-state index contributed by atoms with van der Waals surface area (Å²) >= 11 is 0. The molecule has 2 bridgehead atoms. The molecule has 5 saturated heterocycles. The molecule has 3 atom stereocenters. The zero-order chi connectivity index (χ0) is 17.7. The average molecular weight is 356 g/mol. The van der Waals surface area contributed by atoms with Crippen LogP contribution in [0.3, 0.4) is 0 Å². The standard InChI is InChI=1S/C22H33N3O/c1-23-11-9-18(10-12-23)25-15-20(16-3-5-19(26-2)6-4-16)22-21(25)17-7-13-24(22)14-8-17/h3-6,17-18,20-22H,7-15H2,1-2H3/t20-,21+,22+/m0/s1. The van der Waals surface area contributed by atoms with Crippen molar-refractivity contribution < 1.29 is 4.74 Å². The topological polar surface area (TPSA) is 19.0 Å². The van der Waals surface area contributed by atoms with Crippen LogP contribution in [0.1, 0.15) is 37.2 Å². The Labute approximate surface area is 158 Å². The van der Waals surface area contributed by atoms with Gasteiger partial charge in [-0.2, -0.15) is 0 Å². The van der Waals surface area contributed by atoms with Crippen LogP contribution in [0.25, 0.3) is 0 Å². The van der Waals surface area contributed by atoms with Gasteiger partial charge in [-0.3, -0.25) is 9.80 Å². The number of nitrogens with zero attached hydrogens (tertiary/aromatic N) is 3. The molecule has 4 nitrogen and oxygen atoms in total. The molecule has 0 saturated carbocycles. The molecule has 0 amide bonds. The van der Waals surface area contributed by atoms with Crippen LogP contribution in [-0.4, -0.2) is 79.7 Å². The smallest absolute Gasteiger partial charge is 0.118 e. The van der Waals surface area contributed by atoms with E-state index in [1.807, 2.05) is 0 Å². The molecular weight excluding hydrogens is 322 g/mol.